The van der Waals surface area contributed by atoms with Crippen LogP contribution >= 0.6 is 34.5 Å². The van der Waals surface area contributed by atoms with Gasteiger partial charge < -0.3 is 25.8 Å². The van der Waals surface area contributed by atoms with E-state index in [-0.39, 0.29) is 17.9 Å². The number of nitrogens with zero attached hydrogens (tertiary/aromatic N) is 1. The number of carbonyl (C=O) groups excluding carboxylic acids is 1. The minimum absolute atomic E-state index is 0.109. The summed E-state index contributed by atoms with van der Waals surface area (Å²) in [6.07, 6.45) is 0. The minimum Gasteiger partial charge on any atom is -0.501 e. The highest BCUT2D eigenvalue weighted by Gasteiger charge is 2.20. The smallest absolute Gasteiger partial charge is 0.358 e. The van der Waals surface area contributed by atoms with Crippen LogP contribution in [-0.4, -0.2) is 32.2 Å². The third-order valence-corrected chi connectivity index (χ3v) is 5.05. The molecule has 3 rings (SSSR count). The molecule has 29 heavy (non-hydrogen) atoms. The van der Waals surface area contributed by atoms with Gasteiger partial charge in [-0.25, -0.2) is 14.6 Å². The Bertz CT molecular complexity index is 1160. The number of nitrogens with one attached hydrogen (secondary N) is 3. The van der Waals surface area contributed by atoms with Crippen LogP contribution in [0, 0.1) is 0 Å². The van der Waals surface area contributed by atoms with Gasteiger partial charge in [-0.15, -0.1) is 11.3 Å². The second kappa shape index (κ2) is 8.52. The number of aromatic hydroxyl groups is 1. The van der Waals surface area contributed by atoms with Gasteiger partial charge in [0.1, 0.15) is 5.82 Å². The fraction of sp³-hybridized carbons (Fsp3) is 0.0588. The summed E-state index contributed by atoms with van der Waals surface area (Å²) < 4.78 is 0. The summed E-state index contributed by atoms with van der Waals surface area (Å²) in [7, 11) is 0. The first kappa shape index (κ1) is 20.6. The molecule has 2 amide bonds. The highest BCUT2D eigenvalue weighted by molar-refractivity contribution is 7.08. The van der Waals surface area contributed by atoms with Gasteiger partial charge in [0.2, 0.25) is 5.75 Å². The molecular formula is C17H12Cl2N4O5S. The second-order valence-corrected chi connectivity index (χ2v) is 7.25. The van der Waals surface area contributed by atoms with Crippen LogP contribution in [0.25, 0.3) is 11.4 Å². The molecule has 150 valence electrons. The number of benzene rings is 1. The number of hydrogen-bond acceptors (Lipinski definition) is 6. The van der Waals surface area contributed by atoms with E-state index in [2.05, 4.69) is 20.6 Å². The standard InChI is InChI=1S/C17H12Cl2N4O5S/c18-8-2-1-7(10(19)3-8)4-20-17(28)21-11-6-29-5-9(11)14-22-12(16(26)27)13(24)15(25)23-14/h1-3,5-6,24H,4H2,(H,26,27)(H2,20,21,28)(H,22,23,25). The molecule has 0 aliphatic carbocycles. The maximum absolute atomic E-state index is 12.2. The quantitative estimate of drug-likeness (QED) is 0.398. The number of anilines is 1. The molecule has 3 aromatic rings. The molecule has 0 atom stereocenters. The van der Waals surface area contributed by atoms with Crippen molar-refractivity contribution in [2.75, 3.05) is 5.32 Å². The molecule has 12 heteroatoms. The van der Waals surface area contributed by atoms with E-state index in [1.165, 1.54) is 11.3 Å². The number of H-pyrrole nitrogens is 1. The first-order valence-electron chi connectivity index (χ1n) is 7.88. The summed E-state index contributed by atoms with van der Waals surface area (Å²) in [5.74, 6) is -2.66. The molecule has 0 saturated heterocycles. The molecule has 2 heterocycles. The number of urea groups is 1. The Hall–Kier alpha value is -3.08. The lowest BCUT2D eigenvalue weighted by atomic mass is 10.2. The summed E-state index contributed by atoms with van der Waals surface area (Å²) in [5.41, 5.74) is -0.560. The van der Waals surface area contributed by atoms with E-state index < -0.39 is 29.0 Å². The van der Waals surface area contributed by atoms with E-state index >= 15 is 0 Å². The van der Waals surface area contributed by atoms with Gasteiger partial charge in [0.05, 0.1) is 11.3 Å². The Balaban J connectivity index is 1.78. The number of amides is 2. The van der Waals surface area contributed by atoms with E-state index in [1.54, 1.807) is 29.0 Å². The number of halogens is 2. The molecule has 5 N–H and O–H groups in total. The van der Waals surface area contributed by atoms with E-state index in [9.17, 15) is 19.5 Å². The average Bonchev–Trinajstić information content (AvgIpc) is 3.11. The van der Waals surface area contributed by atoms with Gasteiger partial charge in [0.25, 0.3) is 5.56 Å². The maximum Gasteiger partial charge on any atom is 0.358 e. The monoisotopic (exact) mass is 454 g/mol. The van der Waals surface area contributed by atoms with Crippen molar-refractivity contribution in [1.82, 2.24) is 15.3 Å². The molecular weight excluding hydrogens is 443 g/mol. The molecule has 0 unspecified atom stereocenters. The average molecular weight is 455 g/mol. The zero-order valence-electron chi connectivity index (χ0n) is 14.3. The van der Waals surface area contributed by atoms with Crippen LogP contribution in [0.1, 0.15) is 16.1 Å². The first-order chi connectivity index (χ1) is 13.8. The SMILES string of the molecule is O=C(NCc1ccc(Cl)cc1Cl)Nc1cscc1-c1nc(C(=O)O)c(O)c(=O)[nH]1. The second-order valence-electron chi connectivity index (χ2n) is 5.66. The molecule has 9 nitrogen and oxygen atoms in total. The van der Waals surface area contributed by atoms with Crippen molar-refractivity contribution >= 4 is 52.2 Å². The molecule has 0 radical (unpaired) electrons. The molecule has 0 aliphatic heterocycles. The van der Waals surface area contributed by atoms with Crippen molar-refractivity contribution < 1.29 is 19.8 Å². The van der Waals surface area contributed by atoms with Gasteiger partial charge in [0, 0.05) is 27.4 Å². The fourth-order valence-electron chi connectivity index (χ4n) is 2.33. The van der Waals surface area contributed by atoms with Crippen LogP contribution in [-0.2, 0) is 6.54 Å². The van der Waals surface area contributed by atoms with Crippen molar-refractivity contribution in [3.63, 3.8) is 0 Å². The zero-order chi connectivity index (χ0) is 21.1. The van der Waals surface area contributed by atoms with E-state index in [1.807, 2.05) is 0 Å². The van der Waals surface area contributed by atoms with Crippen molar-refractivity contribution in [3.05, 3.63) is 60.6 Å². The van der Waals surface area contributed by atoms with Gasteiger partial charge in [0.15, 0.2) is 5.69 Å². The Kier molecular flexibility index (Phi) is 6.06. The minimum atomic E-state index is -1.56. The van der Waals surface area contributed by atoms with Gasteiger partial charge in [-0.2, -0.15) is 0 Å². The predicted octanol–water partition coefficient (Wildman–Crippen LogP) is 3.53. The lowest BCUT2D eigenvalue weighted by Gasteiger charge is -2.10. The molecule has 0 saturated carbocycles. The summed E-state index contributed by atoms with van der Waals surface area (Å²) in [6.45, 7) is 0.138. The highest BCUT2D eigenvalue weighted by Crippen LogP contribution is 2.30. The number of thiophene rings is 1. The van der Waals surface area contributed by atoms with Crippen LogP contribution in [0.15, 0.2) is 33.8 Å². The van der Waals surface area contributed by atoms with Crippen LogP contribution in [0.3, 0.4) is 0 Å². The molecule has 0 aliphatic rings. The molecule has 0 bridgehead atoms. The van der Waals surface area contributed by atoms with Gasteiger partial charge >= 0.3 is 12.0 Å². The Morgan fingerprint density at radius 1 is 1.24 bits per heavy atom. The number of aromatic carboxylic acids is 1. The first-order valence-corrected chi connectivity index (χ1v) is 9.58. The molecule has 1 aromatic carbocycles. The van der Waals surface area contributed by atoms with Crippen molar-refractivity contribution in [2.45, 2.75) is 6.54 Å². The number of rotatable bonds is 5. The fourth-order valence-corrected chi connectivity index (χ4v) is 3.57. The third kappa shape index (κ3) is 4.67. The van der Waals surface area contributed by atoms with Crippen molar-refractivity contribution in [2.24, 2.45) is 0 Å². The topological polar surface area (TPSA) is 144 Å². The third-order valence-electron chi connectivity index (χ3n) is 3.72. The maximum atomic E-state index is 12.2. The Labute approximate surface area is 176 Å². The number of aromatic amines is 1. The van der Waals surface area contributed by atoms with E-state index in [4.69, 9.17) is 28.3 Å². The molecule has 0 fully saturated rings. The van der Waals surface area contributed by atoms with Gasteiger partial charge in [-0.1, -0.05) is 29.3 Å². The van der Waals surface area contributed by atoms with Gasteiger partial charge in [-0.05, 0) is 17.7 Å². The number of aromatic nitrogens is 2. The van der Waals surface area contributed by atoms with E-state index in [0.29, 0.717) is 21.3 Å². The van der Waals surface area contributed by atoms with Crippen molar-refractivity contribution in [1.29, 1.82) is 0 Å². The Morgan fingerprint density at radius 3 is 2.69 bits per heavy atom. The number of carboxylic acid groups (broad SMARTS) is 1. The highest BCUT2D eigenvalue weighted by atomic mass is 35.5. The Morgan fingerprint density at radius 2 is 2.00 bits per heavy atom. The van der Waals surface area contributed by atoms with Crippen LogP contribution in [0.5, 0.6) is 5.75 Å². The van der Waals surface area contributed by atoms with Crippen LogP contribution < -0.4 is 16.2 Å². The van der Waals surface area contributed by atoms with E-state index in [0.717, 1.165) is 0 Å². The number of carbonyl (C=O) groups is 2. The lowest BCUT2D eigenvalue weighted by Crippen LogP contribution is -2.28. The summed E-state index contributed by atoms with van der Waals surface area (Å²) in [4.78, 5) is 41.2. The molecule has 2 aromatic heterocycles. The summed E-state index contributed by atoms with van der Waals surface area (Å²) >= 11 is 13.1. The number of carboxylic acids is 1. The van der Waals surface area contributed by atoms with Crippen LogP contribution in [0.2, 0.25) is 10.0 Å². The largest absolute Gasteiger partial charge is 0.501 e. The van der Waals surface area contributed by atoms with Crippen molar-refractivity contribution in [3.8, 4) is 17.1 Å². The van der Waals surface area contributed by atoms with Gasteiger partial charge in [-0.3, -0.25) is 4.79 Å². The summed E-state index contributed by atoms with van der Waals surface area (Å²) in [6, 6.07) is 4.32. The summed E-state index contributed by atoms with van der Waals surface area (Å²) in [5, 5.41) is 27.9. The van der Waals surface area contributed by atoms with Crippen LogP contribution in [0.4, 0.5) is 10.5 Å². The number of hydrogen-bond donors (Lipinski definition) is 5. The predicted molar refractivity (Wildman–Crippen MR) is 109 cm³/mol. The normalized spacial score (nSPS) is 10.6. The zero-order valence-corrected chi connectivity index (χ0v) is 16.7. The molecule has 0 spiro atoms. The lowest BCUT2D eigenvalue weighted by molar-refractivity contribution is 0.0686.